The van der Waals surface area contributed by atoms with Gasteiger partial charge in [-0.05, 0) is 23.6 Å². The van der Waals surface area contributed by atoms with Gasteiger partial charge in [0.15, 0.2) is 47.0 Å². The molecule has 248 valence electrons. The zero-order valence-electron chi connectivity index (χ0n) is 22.5. The molecular formula is C20H20F3N9O10P2S2. The quantitative estimate of drug-likeness (QED) is 0.259. The summed E-state index contributed by atoms with van der Waals surface area (Å²) >= 11 is 10.1. The lowest BCUT2D eigenvalue weighted by molar-refractivity contribution is -0.141. The van der Waals surface area contributed by atoms with Crippen LogP contribution in [0.4, 0.5) is 24.9 Å². The molecule has 0 spiro atoms. The number of hydrogen-bond acceptors (Lipinski definition) is 16. The van der Waals surface area contributed by atoms with Crippen molar-refractivity contribution in [3.63, 3.8) is 0 Å². The van der Waals surface area contributed by atoms with E-state index in [0.717, 1.165) is 10.9 Å². The standard InChI is InChI=1S/C20H20F3N9O10P2S2/c21-9-7-3-37-44(36,46)42-13-8(40-18(20(13,22)23)32-14-10(29-30-32)6(33)1-2-25-14)4-38-43(35,45)41-12(9)17(39-7)31-5-26-11-15(31)27-19(24)28-16(11)34/h2,5,7-9,12-13,17-18H,1,3-4H2,(H,35,45)(H,36,46)(H3,24,27,28,34)/t7-,8-,9-,12-,13-,17-,18-,43?,44?/m1/s1. The minimum Gasteiger partial charge on any atom is -0.369 e. The number of aliphatic imine (C=N–C) groups is 1. The van der Waals surface area contributed by atoms with Crippen molar-refractivity contribution in [2.24, 2.45) is 4.99 Å². The smallest absolute Gasteiger partial charge is 0.325 e. The summed E-state index contributed by atoms with van der Waals surface area (Å²) in [7, 11) is 0. The summed E-state index contributed by atoms with van der Waals surface area (Å²) in [5.74, 6) is -5.20. The van der Waals surface area contributed by atoms with E-state index in [4.69, 9.17) is 56.9 Å². The van der Waals surface area contributed by atoms with E-state index in [-0.39, 0.29) is 35.0 Å². The number of aromatic nitrogens is 7. The first-order valence-electron chi connectivity index (χ1n) is 13.0. The van der Waals surface area contributed by atoms with Crippen LogP contribution < -0.4 is 11.3 Å². The zero-order valence-corrected chi connectivity index (χ0v) is 26.0. The molecule has 46 heavy (non-hydrogen) atoms. The number of nitrogens with two attached hydrogens (primary N) is 1. The van der Waals surface area contributed by atoms with Crippen LogP contribution in [0.2, 0.25) is 0 Å². The maximum atomic E-state index is 16.0. The van der Waals surface area contributed by atoms with E-state index in [9.17, 15) is 19.4 Å². The molecule has 3 aromatic rings. The van der Waals surface area contributed by atoms with Crippen LogP contribution in [0, 0.1) is 0 Å². The molecule has 2 bridgehead atoms. The number of H-pyrrole nitrogens is 1. The molecule has 19 nitrogen and oxygen atoms in total. The Labute approximate surface area is 263 Å². The number of carbonyl (C=O) groups is 1. The van der Waals surface area contributed by atoms with Gasteiger partial charge in [-0.2, -0.15) is 18.4 Å². The number of carbonyl (C=O) groups excluding carboxylic acids is 1. The summed E-state index contributed by atoms with van der Waals surface area (Å²) < 4.78 is 81.9. The molecule has 5 N–H and O–H groups in total. The molecule has 4 aliphatic heterocycles. The maximum absolute atomic E-state index is 16.0. The van der Waals surface area contributed by atoms with Gasteiger partial charge >= 0.3 is 19.4 Å². The number of nitrogen functional groups attached to an aromatic ring is 1. The Morgan fingerprint density at radius 2 is 1.83 bits per heavy atom. The molecule has 3 fully saturated rings. The van der Waals surface area contributed by atoms with Crippen molar-refractivity contribution >= 4 is 72.0 Å². The SMILES string of the molecule is Nc1nc2c(ncn2[C@@H]2O[C@@H]3COP(O)(=S)O[C@@H]4[C@@H](COP(O)(=S)O[C@@H]2[C@@H]3F)O[C@@H](n2nnc3c2N=CCC3=O)C4(F)F)c(=O)[nH]1. The Balaban J connectivity index is 1.22. The van der Waals surface area contributed by atoms with Gasteiger partial charge in [0.25, 0.3) is 5.56 Å². The first-order chi connectivity index (χ1) is 21.6. The van der Waals surface area contributed by atoms with Gasteiger partial charge in [0.05, 0.1) is 19.5 Å². The molecule has 0 aromatic carbocycles. The number of halogens is 3. The van der Waals surface area contributed by atoms with Crippen LogP contribution in [0.3, 0.4) is 0 Å². The van der Waals surface area contributed by atoms with Crippen LogP contribution in [-0.2, 0) is 51.2 Å². The first kappa shape index (κ1) is 32.0. The van der Waals surface area contributed by atoms with Crippen molar-refractivity contribution in [2.45, 2.75) is 55.4 Å². The number of fused-ring (bicyclic) bond motifs is 5. The average Bonchev–Trinajstić information content (AvgIpc) is 3.71. The molecule has 0 saturated carbocycles. The third-order valence-corrected chi connectivity index (χ3v) is 10.4. The Morgan fingerprint density at radius 1 is 1.11 bits per heavy atom. The number of ether oxygens (including phenoxy) is 2. The second-order valence-electron chi connectivity index (χ2n) is 10.3. The number of anilines is 1. The first-order valence-corrected chi connectivity index (χ1v) is 18.2. The Kier molecular flexibility index (Phi) is 7.81. The van der Waals surface area contributed by atoms with Gasteiger partial charge in [0.2, 0.25) is 12.2 Å². The molecule has 7 rings (SSSR count). The molecule has 4 aliphatic rings. The number of aromatic amines is 1. The van der Waals surface area contributed by atoms with E-state index in [1.54, 1.807) is 0 Å². The molecule has 0 aliphatic carbocycles. The van der Waals surface area contributed by atoms with E-state index in [2.05, 4.69) is 30.3 Å². The van der Waals surface area contributed by atoms with Crippen molar-refractivity contribution in [1.82, 2.24) is 34.5 Å². The van der Waals surface area contributed by atoms with E-state index in [1.165, 1.54) is 6.21 Å². The fourth-order valence-corrected chi connectivity index (χ4v) is 8.07. The van der Waals surface area contributed by atoms with Crippen LogP contribution in [0.1, 0.15) is 29.4 Å². The van der Waals surface area contributed by atoms with E-state index >= 15 is 13.2 Å². The van der Waals surface area contributed by atoms with Gasteiger partial charge in [0.1, 0.15) is 18.3 Å². The highest BCUT2D eigenvalue weighted by atomic mass is 32.5. The zero-order chi connectivity index (χ0) is 32.8. The van der Waals surface area contributed by atoms with Crippen LogP contribution in [-0.4, -0.2) is 106 Å². The third-order valence-electron chi connectivity index (χ3n) is 7.29. The van der Waals surface area contributed by atoms with E-state index in [1.807, 2.05) is 0 Å². The Hall–Kier alpha value is -2.60. The number of nitrogens with one attached hydrogen (secondary N) is 1. The number of imidazole rings is 1. The number of Topliss-reactive ketones (excluding diaryl/α,β-unsaturated/α-hetero) is 1. The fraction of sp³-hybridized carbons (Fsp3) is 0.550. The van der Waals surface area contributed by atoms with Gasteiger partial charge in [-0.3, -0.25) is 28.2 Å². The van der Waals surface area contributed by atoms with Crippen molar-refractivity contribution < 1.29 is 55.3 Å². The van der Waals surface area contributed by atoms with Gasteiger partial charge in [0, 0.05) is 12.6 Å². The highest BCUT2D eigenvalue weighted by molar-refractivity contribution is 8.07. The van der Waals surface area contributed by atoms with Gasteiger partial charge < -0.3 is 34.0 Å². The number of ketones is 1. The molecule has 0 amide bonds. The third kappa shape index (κ3) is 5.44. The van der Waals surface area contributed by atoms with E-state index in [0.29, 0.717) is 4.68 Å². The minimum absolute atomic E-state index is 0.117. The lowest BCUT2D eigenvalue weighted by atomic mass is 10.1. The number of hydrogen-bond donors (Lipinski definition) is 4. The molecule has 26 heteroatoms. The summed E-state index contributed by atoms with van der Waals surface area (Å²) in [4.78, 5) is 60.4. The van der Waals surface area contributed by atoms with E-state index < -0.39 is 87.0 Å². The predicted molar refractivity (Wildman–Crippen MR) is 152 cm³/mol. The summed E-state index contributed by atoms with van der Waals surface area (Å²) in [6, 6.07) is 0. The van der Waals surface area contributed by atoms with Crippen molar-refractivity contribution in [3.8, 4) is 0 Å². The van der Waals surface area contributed by atoms with Crippen LogP contribution >= 0.6 is 13.4 Å². The van der Waals surface area contributed by atoms with Crippen molar-refractivity contribution in [3.05, 3.63) is 22.4 Å². The predicted octanol–water partition coefficient (Wildman–Crippen LogP) is 0.301. The van der Waals surface area contributed by atoms with Crippen LogP contribution in [0.25, 0.3) is 11.2 Å². The number of rotatable bonds is 2. The lowest BCUT2D eigenvalue weighted by Gasteiger charge is -2.28. The highest BCUT2D eigenvalue weighted by Gasteiger charge is 2.64. The normalized spacial score (nSPS) is 37.8. The molecule has 3 saturated heterocycles. The molecular weight excluding hydrogens is 709 g/mol. The molecule has 2 unspecified atom stereocenters. The van der Waals surface area contributed by atoms with Gasteiger partial charge in [-0.1, -0.05) is 5.21 Å². The molecule has 9 atom stereocenters. The minimum atomic E-state index is -4.63. The Morgan fingerprint density at radius 3 is 2.59 bits per heavy atom. The van der Waals surface area contributed by atoms with Gasteiger partial charge in [-0.25, -0.2) is 14.4 Å². The van der Waals surface area contributed by atoms with Crippen LogP contribution in [0.15, 0.2) is 16.1 Å². The number of alkyl halides is 3. The van der Waals surface area contributed by atoms with Crippen LogP contribution in [0.5, 0.6) is 0 Å². The summed E-state index contributed by atoms with van der Waals surface area (Å²) in [6.45, 7) is -11.0. The average molecular weight is 730 g/mol. The Bertz CT molecular complexity index is 1930. The summed E-state index contributed by atoms with van der Waals surface area (Å²) in [5.41, 5.74) is 4.33. The second-order valence-corrected chi connectivity index (χ2v) is 15.8. The van der Waals surface area contributed by atoms with Gasteiger partial charge in [-0.15, -0.1) is 5.10 Å². The molecule has 3 aromatic heterocycles. The molecule has 0 radical (unpaired) electrons. The fourth-order valence-electron chi connectivity index (χ4n) is 5.25. The monoisotopic (exact) mass is 729 g/mol. The lowest BCUT2D eigenvalue weighted by Crippen LogP contribution is -2.41. The highest BCUT2D eigenvalue weighted by Crippen LogP contribution is 2.57. The summed E-state index contributed by atoms with van der Waals surface area (Å²) in [6.07, 6.45) is -11.5. The topological polar surface area (TPSA) is 246 Å². The summed E-state index contributed by atoms with van der Waals surface area (Å²) in [5, 5.41) is 7.23. The maximum Gasteiger partial charge on any atom is 0.325 e. The largest absolute Gasteiger partial charge is 0.369 e. The van der Waals surface area contributed by atoms with Crippen molar-refractivity contribution in [1.29, 1.82) is 0 Å². The molecule has 7 heterocycles. The second kappa shape index (κ2) is 11.2. The van der Waals surface area contributed by atoms with Crippen molar-refractivity contribution in [2.75, 3.05) is 18.9 Å². The number of nitrogens with zero attached hydrogens (tertiary/aromatic N) is 7.